The van der Waals surface area contributed by atoms with Crippen LogP contribution in [-0.2, 0) is 11.3 Å². The second-order valence-corrected chi connectivity index (χ2v) is 7.29. The van der Waals surface area contributed by atoms with E-state index in [1.165, 1.54) is 24.9 Å². The first kappa shape index (κ1) is 23.2. The fourth-order valence-corrected chi connectivity index (χ4v) is 3.04. The molecule has 0 aliphatic carbocycles. The number of benzene rings is 1. The van der Waals surface area contributed by atoms with Gasteiger partial charge in [0.2, 0.25) is 0 Å². The monoisotopic (exact) mass is 474 g/mol. The Bertz CT molecular complexity index is 536. The van der Waals surface area contributed by atoms with Gasteiger partial charge in [-0.3, -0.25) is 9.89 Å². The van der Waals surface area contributed by atoms with Gasteiger partial charge in [-0.1, -0.05) is 30.3 Å². The van der Waals surface area contributed by atoms with Crippen LogP contribution in [0.5, 0.6) is 0 Å². The molecule has 2 rings (SSSR count). The number of halogens is 1. The Kier molecular flexibility index (Phi) is 10.5. The van der Waals surface area contributed by atoms with Crippen LogP contribution in [0.1, 0.15) is 39.2 Å². The molecular formula is C20H35IN4O. The molecule has 0 aromatic heterocycles. The van der Waals surface area contributed by atoms with Crippen molar-refractivity contribution in [1.82, 2.24) is 15.5 Å². The Morgan fingerprint density at radius 2 is 2.00 bits per heavy atom. The number of guanidine groups is 1. The molecule has 26 heavy (non-hydrogen) atoms. The molecule has 0 saturated carbocycles. The lowest BCUT2D eigenvalue weighted by molar-refractivity contribution is 0.0310. The molecule has 6 heteroatoms. The first-order valence-electron chi connectivity index (χ1n) is 9.39. The number of methoxy groups -OCH3 is 1. The maximum absolute atomic E-state index is 5.46. The predicted molar refractivity (Wildman–Crippen MR) is 120 cm³/mol. The standard InChI is InChI=1S/C20H34N4O.HI/c1-5-21-19(23-16-20(2,3)25-4)22-14-18-12-9-13-24(18)15-17-10-7-6-8-11-17;/h6-8,10-11,18H,5,9,12-16H2,1-4H3,(H2,21,22,23);1H. The van der Waals surface area contributed by atoms with Crippen molar-refractivity contribution in [2.75, 3.05) is 33.3 Å². The maximum atomic E-state index is 5.46. The van der Waals surface area contributed by atoms with E-state index in [0.29, 0.717) is 12.6 Å². The smallest absolute Gasteiger partial charge is 0.191 e. The van der Waals surface area contributed by atoms with Crippen molar-refractivity contribution >= 4 is 29.9 Å². The summed E-state index contributed by atoms with van der Waals surface area (Å²) >= 11 is 0. The third-order valence-corrected chi connectivity index (χ3v) is 4.75. The molecule has 0 spiro atoms. The SMILES string of the molecule is CCNC(=NCC(C)(C)OC)NCC1CCCN1Cc1ccccc1.I. The summed E-state index contributed by atoms with van der Waals surface area (Å²) < 4.78 is 5.46. The van der Waals surface area contributed by atoms with Gasteiger partial charge in [-0.25, -0.2) is 0 Å². The number of hydrogen-bond donors (Lipinski definition) is 2. The summed E-state index contributed by atoms with van der Waals surface area (Å²) in [5, 5.41) is 6.85. The Labute approximate surface area is 176 Å². The molecule has 148 valence electrons. The van der Waals surface area contributed by atoms with Gasteiger partial charge in [0, 0.05) is 32.8 Å². The topological polar surface area (TPSA) is 48.9 Å². The van der Waals surface area contributed by atoms with E-state index in [1.807, 2.05) is 0 Å². The number of hydrogen-bond acceptors (Lipinski definition) is 3. The third-order valence-electron chi connectivity index (χ3n) is 4.75. The number of likely N-dealkylation sites (tertiary alicyclic amines) is 1. The van der Waals surface area contributed by atoms with Gasteiger partial charge in [0.15, 0.2) is 5.96 Å². The summed E-state index contributed by atoms with van der Waals surface area (Å²) in [6, 6.07) is 11.3. The molecule has 1 aromatic rings. The van der Waals surface area contributed by atoms with Crippen molar-refractivity contribution in [2.45, 2.75) is 51.8 Å². The van der Waals surface area contributed by atoms with Crippen LogP contribution in [0.3, 0.4) is 0 Å². The molecule has 1 heterocycles. The van der Waals surface area contributed by atoms with Gasteiger partial charge in [-0.2, -0.15) is 0 Å². The number of rotatable bonds is 8. The lowest BCUT2D eigenvalue weighted by Gasteiger charge is -2.26. The van der Waals surface area contributed by atoms with E-state index in [1.54, 1.807) is 7.11 Å². The van der Waals surface area contributed by atoms with E-state index in [0.717, 1.165) is 25.6 Å². The largest absolute Gasteiger partial charge is 0.377 e. The average Bonchev–Trinajstić information content (AvgIpc) is 3.05. The molecule has 1 unspecified atom stereocenters. The number of nitrogens with zero attached hydrogens (tertiary/aromatic N) is 2. The third kappa shape index (κ3) is 7.80. The highest BCUT2D eigenvalue weighted by atomic mass is 127. The van der Waals surface area contributed by atoms with E-state index in [2.05, 4.69) is 71.6 Å². The highest BCUT2D eigenvalue weighted by Gasteiger charge is 2.24. The average molecular weight is 474 g/mol. The second kappa shape index (κ2) is 11.8. The number of ether oxygens (including phenoxy) is 1. The van der Waals surface area contributed by atoms with E-state index < -0.39 is 0 Å². The first-order chi connectivity index (χ1) is 12.0. The molecule has 0 radical (unpaired) electrons. The van der Waals surface area contributed by atoms with E-state index in [9.17, 15) is 0 Å². The quantitative estimate of drug-likeness (QED) is 0.345. The second-order valence-electron chi connectivity index (χ2n) is 7.29. The van der Waals surface area contributed by atoms with Gasteiger partial charge in [0.05, 0.1) is 12.1 Å². The van der Waals surface area contributed by atoms with Crippen molar-refractivity contribution in [1.29, 1.82) is 0 Å². The zero-order chi connectivity index (χ0) is 18.1. The van der Waals surface area contributed by atoms with Crippen molar-refractivity contribution in [3.63, 3.8) is 0 Å². The van der Waals surface area contributed by atoms with Gasteiger partial charge in [0.25, 0.3) is 0 Å². The molecular weight excluding hydrogens is 439 g/mol. The summed E-state index contributed by atoms with van der Waals surface area (Å²) in [4.78, 5) is 7.25. The van der Waals surface area contributed by atoms with Crippen molar-refractivity contribution in [3.8, 4) is 0 Å². The summed E-state index contributed by atoms with van der Waals surface area (Å²) in [7, 11) is 1.73. The Hall–Kier alpha value is -0.860. The van der Waals surface area contributed by atoms with Gasteiger partial charge in [0.1, 0.15) is 0 Å². The Morgan fingerprint density at radius 1 is 1.27 bits per heavy atom. The van der Waals surface area contributed by atoms with E-state index in [4.69, 9.17) is 4.74 Å². The number of nitrogens with one attached hydrogen (secondary N) is 2. The fraction of sp³-hybridized carbons (Fsp3) is 0.650. The van der Waals surface area contributed by atoms with Crippen LogP contribution in [0.15, 0.2) is 35.3 Å². The Balaban J connectivity index is 0.00000338. The van der Waals surface area contributed by atoms with Gasteiger partial charge < -0.3 is 15.4 Å². The summed E-state index contributed by atoms with van der Waals surface area (Å²) in [5.41, 5.74) is 1.14. The van der Waals surface area contributed by atoms with Crippen LogP contribution in [0.25, 0.3) is 0 Å². The van der Waals surface area contributed by atoms with Crippen LogP contribution in [0.4, 0.5) is 0 Å². The normalized spacial score (nSPS) is 18.5. The molecule has 1 aliphatic rings. The maximum Gasteiger partial charge on any atom is 0.191 e. The van der Waals surface area contributed by atoms with Crippen LogP contribution >= 0.6 is 24.0 Å². The summed E-state index contributed by atoms with van der Waals surface area (Å²) in [5.74, 6) is 0.874. The molecule has 2 N–H and O–H groups in total. The van der Waals surface area contributed by atoms with Gasteiger partial charge in [-0.15, -0.1) is 24.0 Å². The summed E-state index contributed by atoms with van der Waals surface area (Å²) in [6.45, 7) is 10.8. The van der Waals surface area contributed by atoms with Crippen molar-refractivity contribution < 1.29 is 4.74 Å². The molecule has 1 aliphatic heterocycles. The molecule has 1 fully saturated rings. The Morgan fingerprint density at radius 3 is 2.65 bits per heavy atom. The van der Waals surface area contributed by atoms with Crippen molar-refractivity contribution in [2.24, 2.45) is 4.99 Å². The van der Waals surface area contributed by atoms with Crippen LogP contribution in [0.2, 0.25) is 0 Å². The lowest BCUT2D eigenvalue weighted by atomic mass is 10.1. The fourth-order valence-electron chi connectivity index (χ4n) is 3.04. The van der Waals surface area contributed by atoms with Crippen LogP contribution < -0.4 is 10.6 Å². The number of aliphatic imine (C=N–C) groups is 1. The lowest BCUT2D eigenvalue weighted by Crippen LogP contribution is -2.45. The molecule has 1 aromatic carbocycles. The van der Waals surface area contributed by atoms with Crippen molar-refractivity contribution in [3.05, 3.63) is 35.9 Å². The molecule has 0 bridgehead atoms. The zero-order valence-electron chi connectivity index (χ0n) is 16.6. The highest BCUT2D eigenvalue weighted by molar-refractivity contribution is 14.0. The van der Waals surface area contributed by atoms with Crippen LogP contribution in [0, 0.1) is 0 Å². The summed E-state index contributed by atoms with van der Waals surface area (Å²) in [6.07, 6.45) is 2.51. The molecule has 1 atom stereocenters. The minimum atomic E-state index is -0.241. The molecule has 5 nitrogen and oxygen atoms in total. The minimum Gasteiger partial charge on any atom is -0.377 e. The minimum absolute atomic E-state index is 0. The molecule has 1 saturated heterocycles. The van der Waals surface area contributed by atoms with Crippen LogP contribution in [-0.4, -0.2) is 55.8 Å². The zero-order valence-corrected chi connectivity index (χ0v) is 19.0. The molecule has 0 amide bonds. The predicted octanol–water partition coefficient (Wildman–Crippen LogP) is 3.25. The van der Waals surface area contributed by atoms with Gasteiger partial charge in [-0.05, 0) is 45.7 Å². The van der Waals surface area contributed by atoms with E-state index >= 15 is 0 Å². The van der Waals surface area contributed by atoms with Gasteiger partial charge >= 0.3 is 0 Å². The highest BCUT2D eigenvalue weighted by Crippen LogP contribution is 2.19. The first-order valence-corrected chi connectivity index (χ1v) is 9.39. The van der Waals surface area contributed by atoms with E-state index in [-0.39, 0.29) is 29.6 Å².